The number of aliphatic hydroxyl groups is 2. The van der Waals surface area contributed by atoms with E-state index >= 15 is 0 Å². The third-order valence-corrected chi connectivity index (χ3v) is 7.20. The molecule has 0 bridgehead atoms. The van der Waals surface area contributed by atoms with Crippen LogP contribution in [0.25, 0.3) is 0 Å². The zero-order chi connectivity index (χ0) is 33.4. The molecule has 0 aromatic heterocycles. The highest BCUT2D eigenvalue weighted by Crippen LogP contribution is 2.43. The van der Waals surface area contributed by atoms with Gasteiger partial charge >= 0.3 is 19.8 Å². The molecular formula is C34H57O10P. The normalized spacial score (nSPS) is 15.0. The molecule has 3 unspecified atom stereocenters. The van der Waals surface area contributed by atoms with Crippen molar-refractivity contribution in [3.63, 3.8) is 0 Å². The summed E-state index contributed by atoms with van der Waals surface area (Å²) in [5.41, 5.74) is 0. The van der Waals surface area contributed by atoms with Crippen molar-refractivity contribution in [2.75, 3.05) is 26.4 Å². The first kappa shape index (κ1) is 42.7. The first-order valence-electron chi connectivity index (χ1n) is 16.2. The van der Waals surface area contributed by atoms with Gasteiger partial charge in [0.05, 0.1) is 26.4 Å². The Hall–Kier alpha value is -2.33. The highest BCUT2D eigenvalue weighted by molar-refractivity contribution is 7.47. The van der Waals surface area contributed by atoms with Gasteiger partial charge in [0.1, 0.15) is 12.2 Å². The smallest absolute Gasteiger partial charge is 0.457 e. The summed E-state index contributed by atoms with van der Waals surface area (Å²) in [6.07, 6.45) is 30.2. The van der Waals surface area contributed by atoms with Gasteiger partial charge < -0.3 is 24.6 Å². The first-order valence-corrected chi connectivity index (χ1v) is 17.7. The van der Waals surface area contributed by atoms with Gasteiger partial charge in [0.25, 0.3) is 0 Å². The molecule has 0 aliphatic carbocycles. The SMILES string of the molecule is CC/C=C\C/C=C\C/C=C\C/C=C\C/C=C\CCCCCC(=O)OC(CO)COP(=O)(O)OCC(CO)OC(=O)CCCCC. The average Bonchev–Trinajstić information content (AvgIpc) is 3.02. The van der Waals surface area contributed by atoms with Crippen LogP contribution in [0.4, 0.5) is 0 Å². The van der Waals surface area contributed by atoms with Crippen molar-refractivity contribution in [1.82, 2.24) is 0 Å². The number of carbonyl (C=O) groups excluding carboxylic acids is 2. The molecule has 0 aliphatic rings. The summed E-state index contributed by atoms with van der Waals surface area (Å²) in [6.45, 7) is 1.79. The summed E-state index contributed by atoms with van der Waals surface area (Å²) < 4.78 is 31.9. The van der Waals surface area contributed by atoms with Crippen LogP contribution in [0, 0.1) is 0 Å². The average molecular weight is 657 g/mol. The predicted octanol–water partition coefficient (Wildman–Crippen LogP) is 7.21. The van der Waals surface area contributed by atoms with Gasteiger partial charge in [-0.15, -0.1) is 0 Å². The quantitative estimate of drug-likeness (QED) is 0.0326. The molecule has 0 radical (unpaired) electrons. The Morgan fingerprint density at radius 3 is 1.47 bits per heavy atom. The van der Waals surface area contributed by atoms with Gasteiger partial charge in [-0.3, -0.25) is 18.6 Å². The molecule has 0 aromatic rings. The first-order chi connectivity index (χ1) is 21.8. The van der Waals surface area contributed by atoms with Crippen molar-refractivity contribution in [1.29, 1.82) is 0 Å². The number of ether oxygens (including phenoxy) is 2. The van der Waals surface area contributed by atoms with E-state index in [2.05, 4.69) is 67.7 Å². The molecule has 0 fully saturated rings. The predicted molar refractivity (Wildman–Crippen MR) is 177 cm³/mol. The Kier molecular flexibility index (Phi) is 28.8. The minimum Gasteiger partial charge on any atom is -0.457 e. The lowest BCUT2D eigenvalue weighted by Gasteiger charge is -2.20. The number of unbranched alkanes of at least 4 members (excludes halogenated alkanes) is 5. The molecule has 0 aliphatic heterocycles. The number of phosphoric ester groups is 1. The second-order valence-electron chi connectivity index (χ2n) is 10.4. The van der Waals surface area contributed by atoms with Crippen LogP contribution in [0.15, 0.2) is 60.8 Å². The second-order valence-corrected chi connectivity index (χ2v) is 11.9. The van der Waals surface area contributed by atoms with E-state index in [0.717, 1.165) is 64.2 Å². The van der Waals surface area contributed by atoms with Gasteiger partial charge in [-0.25, -0.2) is 4.57 Å². The number of hydrogen-bond acceptors (Lipinski definition) is 9. The minimum atomic E-state index is -4.62. The van der Waals surface area contributed by atoms with Crippen molar-refractivity contribution in [2.24, 2.45) is 0 Å². The lowest BCUT2D eigenvalue weighted by molar-refractivity contribution is -0.153. The molecule has 0 rings (SSSR count). The number of allylic oxidation sites excluding steroid dienone is 10. The lowest BCUT2D eigenvalue weighted by Crippen LogP contribution is -2.28. The fraction of sp³-hybridized carbons (Fsp3) is 0.647. The third-order valence-electron chi connectivity index (χ3n) is 6.24. The van der Waals surface area contributed by atoms with Crippen LogP contribution in [0.3, 0.4) is 0 Å². The Morgan fingerprint density at radius 2 is 1.04 bits per heavy atom. The summed E-state index contributed by atoms with van der Waals surface area (Å²) in [6, 6.07) is 0. The fourth-order valence-corrected chi connectivity index (χ4v) is 4.51. The van der Waals surface area contributed by atoms with Gasteiger partial charge in [0.2, 0.25) is 0 Å². The molecule has 45 heavy (non-hydrogen) atoms. The lowest BCUT2D eigenvalue weighted by atomic mass is 10.1. The molecule has 258 valence electrons. The largest absolute Gasteiger partial charge is 0.472 e. The number of hydrogen-bond donors (Lipinski definition) is 3. The topological polar surface area (TPSA) is 149 Å². The minimum absolute atomic E-state index is 0.150. The van der Waals surface area contributed by atoms with Crippen molar-refractivity contribution in [3.8, 4) is 0 Å². The van der Waals surface area contributed by atoms with Gasteiger partial charge in [-0.05, 0) is 57.8 Å². The zero-order valence-corrected chi connectivity index (χ0v) is 28.2. The standard InChI is InChI=1S/C34H57O10P/c1-3-5-7-8-9-10-11-12-13-14-15-16-17-18-19-20-21-22-24-26-34(38)44-32(28-36)30-42-45(39,40)41-29-31(27-35)43-33(37)25-23-6-4-2/h5,7,9-10,12-13,15-16,18-19,31-32,35-36H,3-4,6,8,11,14,17,20-30H2,1-2H3,(H,39,40)/b7-5-,10-9-,13-12-,16-15-,19-18-. The van der Waals surface area contributed by atoms with E-state index in [9.17, 15) is 29.3 Å². The van der Waals surface area contributed by atoms with E-state index in [4.69, 9.17) is 18.5 Å². The Labute approximate surface area is 270 Å². The highest BCUT2D eigenvalue weighted by atomic mass is 31.2. The van der Waals surface area contributed by atoms with Gasteiger partial charge in [0.15, 0.2) is 0 Å². The van der Waals surface area contributed by atoms with E-state index in [1.807, 2.05) is 6.92 Å². The van der Waals surface area contributed by atoms with Crippen LogP contribution in [-0.4, -0.2) is 65.7 Å². The van der Waals surface area contributed by atoms with Crippen molar-refractivity contribution in [2.45, 2.75) is 116 Å². The summed E-state index contributed by atoms with van der Waals surface area (Å²) in [4.78, 5) is 33.8. The monoisotopic (exact) mass is 656 g/mol. The third kappa shape index (κ3) is 28.9. The summed E-state index contributed by atoms with van der Waals surface area (Å²) in [5.74, 6) is -1.09. The molecule has 0 amide bonds. The number of rotatable bonds is 29. The Bertz CT molecular complexity index is 941. The van der Waals surface area contributed by atoms with Crippen LogP contribution in [0.1, 0.15) is 104 Å². The molecule has 10 nitrogen and oxygen atoms in total. The molecule has 3 atom stereocenters. The molecule has 0 saturated carbocycles. The van der Waals surface area contributed by atoms with E-state index in [0.29, 0.717) is 12.8 Å². The molecule has 0 heterocycles. The highest BCUT2D eigenvalue weighted by Gasteiger charge is 2.27. The summed E-state index contributed by atoms with van der Waals surface area (Å²) in [5, 5.41) is 18.8. The molecule has 0 aromatic carbocycles. The van der Waals surface area contributed by atoms with Crippen LogP contribution in [0.2, 0.25) is 0 Å². The van der Waals surface area contributed by atoms with E-state index < -0.39 is 58.4 Å². The molecule has 0 saturated heterocycles. The van der Waals surface area contributed by atoms with Crippen LogP contribution in [-0.2, 0) is 32.7 Å². The molecular weight excluding hydrogens is 599 g/mol. The number of carbonyl (C=O) groups is 2. The maximum Gasteiger partial charge on any atom is 0.472 e. The Morgan fingerprint density at radius 1 is 0.622 bits per heavy atom. The van der Waals surface area contributed by atoms with Crippen molar-refractivity contribution in [3.05, 3.63) is 60.8 Å². The Balaban J connectivity index is 4.03. The summed E-state index contributed by atoms with van der Waals surface area (Å²) in [7, 11) is -4.62. The van der Waals surface area contributed by atoms with Crippen molar-refractivity contribution < 1.29 is 47.8 Å². The molecule has 3 N–H and O–H groups in total. The molecule has 0 spiro atoms. The maximum atomic E-state index is 12.1. The maximum absolute atomic E-state index is 12.1. The van der Waals surface area contributed by atoms with Gasteiger partial charge in [0, 0.05) is 12.8 Å². The number of phosphoric acid groups is 1. The summed E-state index contributed by atoms with van der Waals surface area (Å²) >= 11 is 0. The van der Waals surface area contributed by atoms with Crippen LogP contribution >= 0.6 is 7.82 Å². The van der Waals surface area contributed by atoms with Crippen molar-refractivity contribution >= 4 is 19.8 Å². The van der Waals surface area contributed by atoms with Gasteiger partial charge in [-0.1, -0.05) is 93.9 Å². The van der Waals surface area contributed by atoms with E-state index in [1.54, 1.807) is 0 Å². The van der Waals surface area contributed by atoms with E-state index in [-0.39, 0.29) is 12.8 Å². The van der Waals surface area contributed by atoms with E-state index in [1.165, 1.54) is 0 Å². The van der Waals surface area contributed by atoms with Crippen LogP contribution in [0.5, 0.6) is 0 Å². The fourth-order valence-electron chi connectivity index (χ4n) is 3.73. The number of aliphatic hydroxyl groups excluding tert-OH is 2. The second kappa shape index (κ2) is 30.3. The zero-order valence-electron chi connectivity index (χ0n) is 27.3. The number of esters is 2. The van der Waals surface area contributed by atoms with Gasteiger partial charge in [-0.2, -0.15) is 0 Å². The molecule has 11 heteroatoms. The van der Waals surface area contributed by atoms with Crippen LogP contribution < -0.4 is 0 Å².